The quantitative estimate of drug-likeness (QED) is 0.431. The number of nitro benzene ring substituents is 1. The molecule has 0 saturated carbocycles. The molecule has 7 nitrogen and oxygen atoms in total. The molecule has 0 N–H and O–H groups in total. The first-order valence-corrected chi connectivity index (χ1v) is 8.27. The number of imidazole rings is 1. The first-order valence-electron chi connectivity index (χ1n) is 8.27. The largest absolute Gasteiger partial charge is 0.460 e. The SMILES string of the molecule is CC(C)c1cc([N+](=O)[O-])ccc1C(=O)OCCn1ccnc1C(C)C. The molecule has 0 atom stereocenters. The van der Waals surface area contributed by atoms with Crippen molar-refractivity contribution in [1.82, 2.24) is 9.55 Å². The van der Waals surface area contributed by atoms with Crippen LogP contribution >= 0.6 is 0 Å². The minimum absolute atomic E-state index is 0.0244. The Bertz CT molecular complexity index is 765. The van der Waals surface area contributed by atoms with Gasteiger partial charge in [-0.05, 0) is 17.5 Å². The van der Waals surface area contributed by atoms with Gasteiger partial charge in [0.15, 0.2) is 0 Å². The van der Waals surface area contributed by atoms with Crippen molar-refractivity contribution in [2.45, 2.75) is 46.1 Å². The number of ether oxygens (including phenoxy) is 1. The lowest BCUT2D eigenvalue weighted by Gasteiger charge is -2.13. The van der Waals surface area contributed by atoms with Gasteiger partial charge in [0.1, 0.15) is 12.4 Å². The van der Waals surface area contributed by atoms with E-state index in [2.05, 4.69) is 18.8 Å². The van der Waals surface area contributed by atoms with Crippen LogP contribution in [0.5, 0.6) is 0 Å². The molecule has 134 valence electrons. The van der Waals surface area contributed by atoms with Gasteiger partial charge in [0.05, 0.1) is 17.0 Å². The number of non-ortho nitro benzene ring substituents is 1. The molecule has 25 heavy (non-hydrogen) atoms. The van der Waals surface area contributed by atoms with Gasteiger partial charge in [-0.1, -0.05) is 27.7 Å². The summed E-state index contributed by atoms with van der Waals surface area (Å²) in [6.45, 7) is 8.60. The van der Waals surface area contributed by atoms with Gasteiger partial charge in [-0.25, -0.2) is 9.78 Å². The van der Waals surface area contributed by atoms with Gasteiger partial charge in [-0.3, -0.25) is 10.1 Å². The molecule has 0 fully saturated rings. The van der Waals surface area contributed by atoms with Crippen LogP contribution in [0.1, 0.15) is 61.3 Å². The molecule has 0 amide bonds. The highest BCUT2D eigenvalue weighted by Gasteiger charge is 2.19. The van der Waals surface area contributed by atoms with E-state index in [1.54, 1.807) is 6.20 Å². The minimum Gasteiger partial charge on any atom is -0.460 e. The van der Waals surface area contributed by atoms with Gasteiger partial charge in [-0.15, -0.1) is 0 Å². The van der Waals surface area contributed by atoms with E-state index in [0.29, 0.717) is 17.7 Å². The molecule has 2 aromatic rings. The van der Waals surface area contributed by atoms with E-state index in [-0.39, 0.29) is 24.1 Å². The monoisotopic (exact) mass is 345 g/mol. The molecule has 1 aromatic carbocycles. The van der Waals surface area contributed by atoms with Crippen molar-refractivity contribution in [1.29, 1.82) is 0 Å². The van der Waals surface area contributed by atoms with Crippen LogP contribution in [0.2, 0.25) is 0 Å². The van der Waals surface area contributed by atoms with Crippen LogP contribution in [-0.2, 0) is 11.3 Å². The number of carbonyl (C=O) groups is 1. The van der Waals surface area contributed by atoms with Gasteiger partial charge in [0, 0.05) is 30.4 Å². The molecular formula is C18H23N3O4. The van der Waals surface area contributed by atoms with Crippen LogP contribution in [-0.4, -0.2) is 27.1 Å². The zero-order chi connectivity index (χ0) is 18.6. The zero-order valence-corrected chi connectivity index (χ0v) is 14.9. The number of hydrogen-bond acceptors (Lipinski definition) is 5. The van der Waals surface area contributed by atoms with E-state index in [1.165, 1.54) is 18.2 Å². The number of hydrogen-bond donors (Lipinski definition) is 0. The maximum atomic E-state index is 12.4. The van der Waals surface area contributed by atoms with Gasteiger partial charge >= 0.3 is 5.97 Å². The molecule has 2 rings (SSSR count). The Morgan fingerprint density at radius 3 is 2.60 bits per heavy atom. The number of aromatic nitrogens is 2. The van der Waals surface area contributed by atoms with E-state index in [1.807, 2.05) is 24.6 Å². The predicted octanol–water partition coefficient (Wildman–Crippen LogP) is 3.90. The summed E-state index contributed by atoms with van der Waals surface area (Å²) in [7, 11) is 0. The number of nitrogens with zero attached hydrogens (tertiary/aromatic N) is 3. The van der Waals surface area contributed by atoms with Crippen molar-refractivity contribution in [3.63, 3.8) is 0 Å². The number of rotatable bonds is 7. The lowest BCUT2D eigenvalue weighted by Crippen LogP contribution is -2.15. The number of carbonyl (C=O) groups excluding carboxylic acids is 1. The Labute approximate surface area is 146 Å². The highest BCUT2D eigenvalue weighted by atomic mass is 16.6. The third kappa shape index (κ3) is 4.43. The van der Waals surface area contributed by atoms with Gasteiger partial charge in [0.2, 0.25) is 0 Å². The molecule has 0 aliphatic heterocycles. The van der Waals surface area contributed by atoms with E-state index in [9.17, 15) is 14.9 Å². The van der Waals surface area contributed by atoms with Crippen LogP contribution in [0, 0.1) is 10.1 Å². The molecular weight excluding hydrogens is 322 g/mol. The molecule has 0 bridgehead atoms. The first kappa shape index (κ1) is 18.6. The normalized spacial score (nSPS) is 11.1. The van der Waals surface area contributed by atoms with Gasteiger partial charge in [0.25, 0.3) is 5.69 Å². The van der Waals surface area contributed by atoms with Gasteiger partial charge < -0.3 is 9.30 Å². The smallest absolute Gasteiger partial charge is 0.338 e. The molecule has 0 spiro atoms. The highest BCUT2D eigenvalue weighted by molar-refractivity contribution is 5.91. The molecule has 7 heteroatoms. The van der Waals surface area contributed by atoms with Gasteiger partial charge in [-0.2, -0.15) is 0 Å². The summed E-state index contributed by atoms with van der Waals surface area (Å²) in [4.78, 5) is 27.1. The highest BCUT2D eigenvalue weighted by Crippen LogP contribution is 2.25. The number of nitro groups is 1. The average molecular weight is 345 g/mol. The lowest BCUT2D eigenvalue weighted by atomic mass is 9.96. The van der Waals surface area contributed by atoms with E-state index < -0.39 is 10.9 Å². The summed E-state index contributed by atoms with van der Waals surface area (Å²) >= 11 is 0. The molecule has 1 heterocycles. The van der Waals surface area contributed by atoms with Crippen molar-refractivity contribution in [3.8, 4) is 0 Å². The van der Waals surface area contributed by atoms with Crippen molar-refractivity contribution in [2.24, 2.45) is 0 Å². The fourth-order valence-corrected chi connectivity index (χ4v) is 2.65. The van der Waals surface area contributed by atoms with Crippen LogP contribution in [0.15, 0.2) is 30.6 Å². The van der Waals surface area contributed by atoms with Crippen LogP contribution in [0.4, 0.5) is 5.69 Å². The number of esters is 1. The number of benzene rings is 1. The maximum Gasteiger partial charge on any atom is 0.338 e. The van der Waals surface area contributed by atoms with Crippen LogP contribution < -0.4 is 0 Å². The van der Waals surface area contributed by atoms with Crippen LogP contribution in [0.3, 0.4) is 0 Å². The molecule has 0 aliphatic carbocycles. The zero-order valence-electron chi connectivity index (χ0n) is 14.9. The fourth-order valence-electron chi connectivity index (χ4n) is 2.65. The van der Waals surface area contributed by atoms with E-state index in [0.717, 1.165) is 5.82 Å². The topological polar surface area (TPSA) is 87.3 Å². The summed E-state index contributed by atoms with van der Waals surface area (Å²) in [6, 6.07) is 4.23. The van der Waals surface area contributed by atoms with E-state index in [4.69, 9.17) is 4.74 Å². The summed E-state index contributed by atoms with van der Waals surface area (Å²) in [5.74, 6) is 0.732. The second-order valence-corrected chi connectivity index (χ2v) is 6.45. The van der Waals surface area contributed by atoms with Crippen molar-refractivity contribution in [2.75, 3.05) is 6.61 Å². The Hall–Kier alpha value is -2.70. The first-order chi connectivity index (χ1) is 11.8. The lowest BCUT2D eigenvalue weighted by molar-refractivity contribution is -0.384. The second-order valence-electron chi connectivity index (χ2n) is 6.45. The van der Waals surface area contributed by atoms with Crippen molar-refractivity contribution >= 4 is 11.7 Å². The average Bonchev–Trinajstić information content (AvgIpc) is 3.02. The summed E-state index contributed by atoms with van der Waals surface area (Å²) < 4.78 is 7.33. The third-order valence-corrected chi connectivity index (χ3v) is 3.92. The molecule has 1 aromatic heterocycles. The summed E-state index contributed by atoms with van der Waals surface area (Å²) in [5, 5.41) is 10.9. The molecule has 0 saturated heterocycles. The minimum atomic E-state index is -0.468. The Kier molecular flexibility index (Phi) is 5.90. The molecule has 0 unspecified atom stereocenters. The standard InChI is InChI=1S/C18H23N3O4/c1-12(2)16-11-14(21(23)24)5-6-15(16)18(22)25-10-9-20-8-7-19-17(20)13(3)4/h5-8,11-13H,9-10H2,1-4H3. The predicted molar refractivity (Wildman–Crippen MR) is 93.8 cm³/mol. The van der Waals surface area contributed by atoms with Crippen LogP contribution in [0.25, 0.3) is 0 Å². The Balaban J connectivity index is 2.08. The molecule has 0 radical (unpaired) electrons. The Morgan fingerprint density at radius 1 is 1.28 bits per heavy atom. The molecule has 0 aliphatic rings. The fraction of sp³-hybridized carbons (Fsp3) is 0.444. The summed E-state index contributed by atoms with van der Waals surface area (Å²) in [6.07, 6.45) is 3.58. The summed E-state index contributed by atoms with van der Waals surface area (Å²) in [5.41, 5.74) is 0.959. The van der Waals surface area contributed by atoms with E-state index >= 15 is 0 Å². The van der Waals surface area contributed by atoms with Crippen molar-refractivity contribution < 1.29 is 14.5 Å². The second kappa shape index (κ2) is 7.92. The Morgan fingerprint density at radius 2 is 2.00 bits per heavy atom. The third-order valence-electron chi connectivity index (χ3n) is 3.92. The van der Waals surface area contributed by atoms with Crippen molar-refractivity contribution in [3.05, 3.63) is 57.7 Å². The maximum absolute atomic E-state index is 12.4.